The molecule has 1 saturated heterocycles. The number of carbonyl (C=O) groups is 1. The molecule has 2 aromatic rings. The molecule has 0 amide bonds. The third kappa shape index (κ3) is 2.75. The Morgan fingerprint density at radius 3 is 2.64 bits per heavy atom. The van der Waals surface area contributed by atoms with Crippen molar-refractivity contribution in [2.24, 2.45) is 0 Å². The molecule has 2 heterocycles. The third-order valence-electron chi connectivity index (χ3n) is 4.79. The molecule has 1 aliphatic heterocycles. The summed E-state index contributed by atoms with van der Waals surface area (Å²) in [5, 5.41) is 0.991. The molecule has 4 nitrogen and oxygen atoms in total. The van der Waals surface area contributed by atoms with Crippen LogP contribution in [0.4, 0.5) is 0 Å². The number of aldehydes is 1. The summed E-state index contributed by atoms with van der Waals surface area (Å²) in [6.07, 6.45) is 4.94. The van der Waals surface area contributed by atoms with Gasteiger partial charge in [0.2, 0.25) is 0 Å². The zero-order valence-electron chi connectivity index (χ0n) is 13.5. The quantitative estimate of drug-likeness (QED) is 0.795. The second-order valence-electron chi connectivity index (χ2n) is 6.05. The fourth-order valence-electron chi connectivity index (χ4n) is 3.48. The molecular weight excluding hydrogens is 276 g/mol. The second-order valence-corrected chi connectivity index (χ2v) is 6.05. The van der Waals surface area contributed by atoms with E-state index in [1.807, 2.05) is 19.1 Å². The first-order valence-electron chi connectivity index (χ1n) is 8.09. The van der Waals surface area contributed by atoms with Crippen LogP contribution in [0.3, 0.4) is 0 Å². The molecule has 4 heteroatoms. The first kappa shape index (κ1) is 15.1. The molecule has 1 aromatic heterocycles. The monoisotopic (exact) mass is 300 g/mol. The van der Waals surface area contributed by atoms with Gasteiger partial charge in [-0.15, -0.1) is 0 Å². The van der Waals surface area contributed by atoms with Gasteiger partial charge in [0.25, 0.3) is 0 Å². The largest absolute Gasteiger partial charge is 0.497 e. The number of ether oxygens (including phenoxy) is 1. The number of carbonyl (C=O) groups excluding carboxylic acids is 1. The highest BCUT2D eigenvalue weighted by atomic mass is 16.5. The van der Waals surface area contributed by atoms with Crippen molar-refractivity contribution in [3.8, 4) is 5.75 Å². The summed E-state index contributed by atoms with van der Waals surface area (Å²) in [6.45, 7) is 6.42. The van der Waals surface area contributed by atoms with Crippen molar-refractivity contribution in [2.75, 3.05) is 26.7 Å². The van der Waals surface area contributed by atoms with E-state index in [0.29, 0.717) is 0 Å². The van der Waals surface area contributed by atoms with Crippen molar-refractivity contribution in [1.29, 1.82) is 0 Å². The minimum atomic E-state index is 0.785. The van der Waals surface area contributed by atoms with Crippen LogP contribution < -0.4 is 4.74 Å². The normalized spacial score (nSPS) is 16.1. The van der Waals surface area contributed by atoms with Crippen molar-refractivity contribution in [3.63, 3.8) is 0 Å². The number of hydrogen-bond acceptors (Lipinski definition) is 3. The number of aromatic nitrogens is 1. The third-order valence-corrected chi connectivity index (χ3v) is 4.79. The molecule has 0 atom stereocenters. The number of likely N-dealkylation sites (tertiary alicyclic amines) is 1. The first-order chi connectivity index (χ1) is 10.7. The topological polar surface area (TPSA) is 34.5 Å². The highest BCUT2D eigenvalue weighted by molar-refractivity contribution is 6.00. The van der Waals surface area contributed by atoms with E-state index in [-0.39, 0.29) is 0 Å². The van der Waals surface area contributed by atoms with Crippen molar-refractivity contribution in [3.05, 3.63) is 29.5 Å². The van der Waals surface area contributed by atoms with Gasteiger partial charge in [-0.25, -0.2) is 0 Å². The number of nitrogens with zero attached hydrogens (tertiary/aromatic N) is 2. The molecule has 0 spiro atoms. The number of fused-ring (bicyclic) bond motifs is 1. The fourth-order valence-corrected chi connectivity index (χ4v) is 3.48. The van der Waals surface area contributed by atoms with E-state index in [2.05, 4.69) is 15.5 Å². The molecule has 1 aromatic carbocycles. The average molecular weight is 300 g/mol. The molecule has 0 bridgehead atoms. The Morgan fingerprint density at radius 1 is 1.18 bits per heavy atom. The number of rotatable bonds is 5. The summed E-state index contributed by atoms with van der Waals surface area (Å²) >= 11 is 0. The Hall–Kier alpha value is -1.81. The molecule has 1 fully saturated rings. The van der Waals surface area contributed by atoms with Crippen LogP contribution in [-0.4, -0.2) is 42.5 Å². The second kappa shape index (κ2) is 6.53. The van der Waals surface area contributed by atoms with Crippen molar-refractivity contribution < 1.29 is 9.53 Å². The minimum Gasteiger partial charge on any atom is -0.497 e. The Labute approximate surface area is 131 Å². The van der Waals surface area contributed by atoms with E-state index in [4.69, 9.17) is 4.74 Å². The molecule has 3 rings (SSSR count). The molecule has 0 unspecified atom stereocenters. The van der Waals surface area contributed by atoms with Gasteiger partial charge in [-0.3, -0.25) is 4.79 Å². The Balaban J connectivity index is 1.91. The number of methoxy groups -OCH3 is 1. The van der Waals surface area contributed by atoms with Gasteiger partial charge in [-0.05, 0) is 51.1 Å². The van der Waals surface area contributed by atoms with Crippen LogP contribution in [0, 0.1) is 6.92 Å². The summed E-state index contributed by atoms with van der Waals surface area (Å²) in [5.41, 5.74) is 2.96. The maximum atomic E-state index is 11.5. The van der Waals surface area contributed by atoms with Crippen molar-refractivity contribution in [1.82, 2.24) is 9.47 Å². The van der Waals surface area contributed by atoms with E-state index in [9.17, 15) is 4.79 Å². The van der Waals surface area contributed by atoms with Gasteiger partial charge in [-0.1, -0.05) is 6.42 Å². The van der Waals surface area contributed by atoms with Crippen LogP contribution in [-0.2, 0) is 6.54 Å². The summed E-state index contributed by atoms with van der Waals surface area (Å²) in [6, 6.07) is 5.99. The Morgan fingerprint density at radius 2 is 1.95 bits per heavy atom. The van der Waals surface area contributed by atoms with Crippen molar-refractivity contribution >= 4 is 17.2 Å². The van der Waals surface area contributed by atoms with Crippen LogP contribution in [0.25, 0.3) is 10.9 Å². The molecular formula is C18H24N2O2. The lowest BCUT2D eigenvalue weighted by Crippen LogP contribution is -2.32. The molecule has 22 heavy (non-hydrogen) atoms. The van der Waals surface area contributed by atoms with Crippen molar-refractivity contribution in [2.45, 2.75) is 32.7 Å². The molecule has 1 aliphatic rings. The van der Waals surface area contributed by atoms with Gasteiger partial charge < -0.3 is 14.2 Å². The summed E-state index contributed by atoms with van der Waals surface area (Å²) < 4.78 is 7.56. The summed E-state index contributed by atoms with van der Waals surface area (Å²) in [5.74, 6) is 0.795. The van der Waals surface area contributed by atoms with Gasteiger partial charge in [0.1, 0.15) is 5.75 Å². The maximum Gasteiger partial charge on any atom is 0.152 e. The van der Waals surface area contributed by atoms with E-state index >= 15 is 0 Å². The van der Waals surface area contributed by atoms with Gasteiger partial charge in [0, 0.05) is 35.2 Å². The number of hydrogen-bond donors (Lipinski definition) is 0. The first-order valence-corrected chi connectivity index (χ1v) is 8.09. The fraction of sp³-hybridized carbons (Fsp3) is 0.500. The van der Waals surface area contributed by atoms with E-state index < -0.39 is 0 Å². The Bertz CT molecular complexity index is 669. The lowest BCUT2D eigenvalue weighted by Gasteiger charge is -2.26. The van der Waals surface area contributed by atoms with E-state index in [1.165, 1.54) is 32.4 Å². The minimum absolute atomic E-state index is 0.785. The highest BCUT2D eigenvalue weighted by Crippen LogP contribution is 2.28. The van der Waals surface area contributed by atoms with Gasteiger partial charge in [0.05, 0.1) is 7.11 Å². The zero-order valence-corrected chi connectivity index (χ0v) is 13.5. The van der Waals surface area contributed by atoms with Gasteiger partial charge in [0.15, 0.2) is 6.29 Å². The molecule has 118 valence electrons. The lowest BCUT2D eigenvalue weighted by molar-refractivity contribution is 0.112. The van der Waals surface area contributed by atoms with Gasteiger partial charge >= 0.3 is 0 Å². The standard InChI is InChI=1S/C18H24N2O2/c1-14-17(13-21)16-12-15(22-2)6-7-18(16)20(14)11-10-19-8-4-3-5-9-19/h6-7,12-13H,3-5,8-11H2,1-2H3. The highest BCUT2D eigenvalue weighted by Gasteiger charge is 2.16. The SMILES string of the molecule is COc1ccc2c(c1)c(C=O)c(C)n2CCN1CCCCC1. The smallest absolute Gasteiger partial charge is 0.152 e. The summed E-state index contributed by atoms with van der Waals surface area (Å²) in [4.78, 5) is 14.0. The maximum absolute atomic E-state index is 11.5. The van der Waals surface area contributed by atoms with Crippen LogP contribution in [0.5, 0.6) is 5.75 Å². The molecule has 0 N–H and O–H groups in total. The predicted molar refractivity (Wildman–Crippen MR) is 88.9 cm³/mol. The lowest BCUT2D eigenvalue weighted by atomic mass is 10.1. The van der Waals surface area contributed by atoms with Crippen LogP contribution in [0.1, 0.15) is 35.3 Å². The average Bonchev–Trinajstić information content (AvgIpc) is 2.84. The van der Waals surface area contributed by atoms with Crippen LogP contribution in [0.15, 0.2) is 18.2 Å². The number of piperidine rings is 1. The molecule has 0 saturated carbocycles. The van der Waals surface area contributed by atoms with Crippen LogP contribution in [0.2, 0.25) is 0 Å². The molecule has 0 aliphatic carbocycles. The zero-order chi connectivity index (χ0) is 15.5. The molecule has 0 radical (unpaired) electrons. The van der Waals surface area contributed by atoms with E-state index in [0.717, 1.165) is 47.3 Å². The Kier molecular flexibility index (Phi) is 4.48. The van der Waals surface area contributed by atoms with Gasteiger partial charge in [-0.2, -0.15) is 0 Å². The van der Waals surface area contributed by atoms with E-state index in [1.54, 1.807) is 7.11 Å². The predicted octanol–water partition coefficient (Wildman–Crippen LogP) is 3.26. The number of benzene rings is 1. The summed E-state index contributed by atoms with van der Waals surface area (Å²) in [7, 11) is 1.65. The van der Waals surface area contributed by atoms with Crippen LogP contribution >= 0.6 is 0 Å².